The van der Waals surface area contributed by atoms with Gasteiger partial charge in [-0.25, -0.2) is 0 Å². The average Bonchev–Trinajstić information content (AvgIpc) is 3.59. The number of aliphatic hydroxyl groups is 2. The second-order valence-electron chi connectivity index (χ2n) is 8.81. The largest absolute Gasteiger partial charge is 0.491 e. The van der Waals surface area contributed by atoms with Crippen LogP contribution >= 0.6 is 23.2 Å². The van der Waals surface area contributed by atoms with Crippen LogP contribution in [0.5, 0.6) is 5.75 Å². The fourth-order valence-corrected chi connectivity index (χ4v) is 4.91. The third kappa shape index (κ3) is 5.47. The zero-order chi connectivity index (χ0) is 22.0. The van der Waals surface area contributed by atoms with Crippen LogP contribution < -0.4 is 9.64 Å². The Kier molecular flexibility index (Phi) is 6.99. The van der Waals surface area contributed by atoms with E-state index >= 15 is 0 Å². The summed E-state index contributed by atoms with van der Waals surface area (Å²) < 4.78 is 5.50. The molecule has 2 fully saturated rings. The van der Waals surface area contributed by atoms with Gasteiger partial charge in [-0.05, 0) is 55.5 Å². The lowest BCUT2D eigenvalue weighted by Gasteiger charge is -2.45. The van der Waals surface area contributed by atoms with Crippen LogP contribution in [0.3, 0.4) is 0 Å². The van der Waals surface area contributed by atoms with E-state index in [9.17, 15) is 5.11 Å². The molecule has 2 aliphatic rings. The van der Waals surface area contributed by atoms with Crippen molar-refractivity contribution in [3.05, 3.63) is 58.1 Å². The van der Waals surface area contributed by atoms with Crippen LogP contribution in [0.25, 0.3) is 0 Å². The minimum absolute atomic E-state index is 0.0371. The smallest absolute Gasteiger partial charge is 0.121 e. The van der Waals surface area contributed by atoms with Crippen molar-refractivity contribution in [2.24, 2.45) is 5.92 Å². The molecule has 0 amide bonds. The summed E-state index contributed by atoms with van der Waals surface area (Å²) in [6, 6.07) is 13.7. The Balaban J connectivity index is 1.58. The highest BCUT2D eigenvalue weighted by molar-refractivity contribution is 6.33. The minimum Gasteiger partial charge on any atom is -0.491 e. The van der Waals surface area contributed by atoms with Gasteiger partial charge in [-0.3, -0.25) is 4.90 Å². The van der Waals surface area contributed by atoms with Gasteiger partial charge in [0.15, 0.2) is 0 Å². The maximum atomic E-state index is 10.9. The highest BCUT2D eigenvalue weighted by Crippen LogP contribution is 2.41. The quantitative estimate of drug-likeness (QED) is 0.606. The lowest BCUT2D eigenvalue weighted by Crippen LogP contribution is -2.53. The first-order valence-electron chi connectivity index (χ1n) is 10.9. The second-order valence-corrected chi connectivity index (χ2v) is 9.66. The molecule has 168 valence electrons. The molecule has 1 heterocycles. The van der Waals surface area contributed by atoms with E-state index in [2.05, 4.69) is 21.9 Å². The molecular formula is C24H30Cl2N2O3. The van der Waals surface area contributed by atoms with Gasteiger partial charge in [-0.1, -0.05) is 35.3 Å². The van der Waals surface area contributed by atoms with Crippen LogP contribution in [0.1, 0.15) is 31.4 Å². The third-order valence-corrected chi connectivity index (χ3v) is 6.86. The van der Waals surface area contributed by atoms with Crippen LogP contribution in [0.4, 0.5) is 5.69 Å². The van der Waals surface area contributed by atoms with Gasteiger partial charge >= 0.3 is 0 Å². The zero-order valence-electron chi connectivity index (χ0n) is 17.8. The Morgan fingerprint density at radius 3 is 2.48 bits per heavy atom. The Labute approximate surface area is 194 Å². The molecule has 0 radical (unpaired) electrons. The summed E-state index contributed by atoms with van der Waals surface area (Å²) >= 11 is 12.8. The fourth-order valence-electron chi connectivity index (χ4n) is 4.50. The van der Waals surface area contributed by atoms with E-state index in [1.54, 1.807) is 6.07 Å². The molecule has 5 nitrogen and oxygen atoms in total. The summed E-state index contributed by atoms with van der Waals surface area (Å²) in [5, 5.41) is 21.2. The van der Waals surface area contributed by atoms with Crippen molar-refractivity contribution in [3.8, 4) is 5.75 Å². The van der Waals surface area contributed by atoms with Crippen molar-refractivity contribution >= 4 is 28.9 Å². The maximum Gasteiger partial charge on any atom is 0.121 e. The number of hydrogen-bond acceptors (Lipinski definition) is 5. The molecule has 2 N–H and O–H groups in total. The molecule has 0 bridgehead atoms. The number of benzene rings is 2. The number of anilines is 1. The first-order chi connectivity index (χ1) is 14.9. The summed E-state index contributed by atoms with van der Waals surface area (Å²) in [5.41, 5.74) is 1.47. The monoisotopic (exact) mass is 464 g/mol. The Morgan fingerprint density at radius 1 is 1.10 bits per heavy atom. The summed E-state index contributed by atoms with van der Waals surface area (Å²) in [5.74, 6) is 1.06. The molecule has 1 saturated carbocycles. The lowest BCUT2D eigenvalue weighted by atomic mass is 9.96. The van der Waals surface area contributed by atoms with Gasteiger partial charge in [-0.2, -0.15) is 0 Å². The molecule has 2 aromatic carbocycles. The molecule has 2 aromatic rings. The van der Waals surface area contributed by atoms with Crippen molar-refractivity contribution in [2.45, 2.75) is 31.4 Å². The molecule has 1 aliphatic carbocycles. The van der Waals surface area contributed by atoms with Gasteiger partial charge in [0.2, 0.25) is 0 Å². The lowest BCUT2D eigenvalue weighted by molar-refractivity contribution is -0.00431. The Hall–Kier alpha value is -1.50. The normalized spacial score (nSPS) is 21.7. The van der Waals surface area contributed by atoms with Gasteiger partial charge in [0.05, 0.1) is 29.0 Å². The SMILES string of the molecule is CC(O)(CN1CCN(c2ccc(OCCO)cc2Cl)[C@H](c2ccc(Cl)cc2)C1)C1CC1. The number of aliphatic hydroxyl groups excluding tert-OH is 1. The number of halogens is 2. The van der Waals surface area contributed by atoms with Crippen molar-refractivity contribution in [1.82, 2.24) is 4.90 Å². The molecule has 31 heavy (non-hydrogen) atoms. The molecule has 1 saturated heterocycles. The van der Waals surface area contributed by atoms with Crippen molar-refractivity contribution in [2.75, 3.05) is 44.3 Å². The minimum atomic E-state index is -0.643. The van der Waals surface area contributed by atoms with E-state index in [4.69, 9.17) is 33.0 Å². The highest BCUT2D eigenvalue weighted by atomic mass is 35.5. The molecule has 4 rings (SSSR count). The zero-order valence-corrected chi connectivity index (χ0v) is 19.3. The first kappa shape index (κ1) is 22.7. The third-order valence-electron chi connectivity index (χ3n) is 6.31. The van der Waals surface area contributed by atoms with E-state index in [0.29, 0.717) is 28.3 Å². The van der Waals surface area contributed by atoms with Crippen LogP contribution in [0.2, 0.25) is 10.0 Å². The first-order valence-corrected chi connectivity index (χ1v) is 11.6. The van der Waals surface area contributed by atoms with Gasteiger partial charge in [0.1, 0.15) is 12.4 Å². The average molecular weight is 465 g/mol. The molecule has 7 heteroatoms. The van der Waals surface area contributed by atoms with Crippen molar-refractivity contribution < 1.29 is 14.9 Å². The van der Waals surface area contributed by atoms with Gasteiger partial charge in [0, 0.05) is 37.3 Å². The number of ether oxygens (including phenoxy) is 1. The highest BCUT2D eigenvalue weighted by Gasteiger charge is 2.42. The van der Waals surface area contributed by atoms with E-state index < -0.39 is 5.60 Å². The number of hydrogen-bond donors (Lipinski definition) is 2. The molecule has 0 spiro atoms. The summed E-state index contributed by atoms with van der Waals surface area (Å²) in [6.45, 7) is 5.29. The van der Waals surface area contributed by atoms with Crippen LogP contribution in [0.15, 0.2) is 42.5 Å². The molecule has 1 unspecified atom stereocenters. The van der Waals surface area contributed by atoms with E-state index in [0.717, 1.165) is 43.7 Å². The Morgan fingerprint density at radius 2 is 1.84 bits per heavy atom. The molecule has 2 atom stereocenters. The molecular weight excluding hydrogens is 435 g/mol. The van der Waals surface area contributed by atoms with Gasteiger partial charge < -0.3 is 19.8 Å². The number of nitrogens with zero attached hydrogens (tertiary/aromatic N) is 2. The summed E-state index contributed by atoms with van der Waals surface area (Å²) in [6.07, 6.45) is 2.24. The van der Waals surface area contributed by atoms with Crippen molar-refractivity contribution in [3.63, 3.8) is 0 Å². The predicted molar refractivity (Wildman–Crippen MR) is 125 cm³/mol. The topological polar surface area (TPSA) is 56.2 Å². The van der Waals surface area contributed by atoms with Crippen LogP contribution in [0, 0.1) is 5.92 Å². The Bertz CT molecular complexity index is 887. The number of piperazine rings is 1. The second kappa shape index (κ2) is 9.55. The molecule has 0 aromatic heterocycles. The fraction of sp³-hybridized carbons (Fsp3) is 0.500. The summed E-state index contributed by atoms with van der Waals surface area (Å²) in [7, 11) is 0. The van der Waals surface area contributed by atoms with Gasteiger partial charge in [0.25, 0.3) is 0 Å². The van der Waals surface area contributed by atoms with E-state index in [1.165, 1.54) is 0 Å². The van der Waals surface area contributed by atoms with E-state index in [-0.39, 0.29) is 19.3 Å². The van der Waals surface area contributed by atoms with Crippen LogP contribution in [-0.2, 0) is 0 Å². The van der Waals surface area contributed by atoms with Crippen LogP contribution in [-0.4, -0.2) is 60.1 Å². The number of β-amino-alcohol motifs (C(OH)–C–C–N with tert-alkyl or cyclic N) is 1. The predicted octanol–water partition coefficient (Wildman–Crippen LogP) is 4.39. The standard InChI is InChI=1S/C24H30Cl2N2O3/c1-24(30,18-4-5-18)16-27-10-11-28(23(15-27)17-2-6-19(25)7-3-17)22-9-8-20(14-21(22)26)31-13-12-29/h2-3,6-9,14,18,23,29-30H,4-5,10-13,15-16H2,1H3/t23-,24?/m0/s1. The summed E-state index contributed by atoms with van der Waals surface area (Å²) in [4.78, 5) is 4.68. The maximum absolute atomic E-state index is 10.9. The number of rotatable bonds is 8. The molecule has 1 aliphatic heterocycles. The van der Waals surface area contributed by atoms with E-state index in [1.807, 2.05) is 31.2 Å². The van der Waals surface area contributed by atoms with Gasteiger partial charge in [-0.15, -0.1) is 0 Å². The van der Waals surface area contributed by atoms with Crippen molar-refractivity contribution in [1.29, 1.82) is 0 Å².